The summed E-state index contributed by atoms with van der Waals surface area (Å²) < 4.78 is 0. The molecule has 0 amide bonds. The summed E-state index contributed by atoms with van der Waals surface area (Å²) in [5, 5.41) is 16.2. The lowest BCUT2D eigenvalue weighted by Crippen LogP contribution is -2.60. The quantitative estimate of drug-likeness (QED) is 0.820. The van der Waals surface area contributed by atoms with Crippen LogP contribution in [0.2, 0.25) is 5.28 Å². The zero-order valence-corrected chi connectivity index (χ0v) is 13.0. The molecule has 1 aromatic heterocycles. The zero-order valence-electron chi connectivity index (χ0n) is 12.3. The summed E-state index contributed by atoms with van der Waals surface area (Å²) in [6.45, 7) is 8.73. The Kier molecular flexibility index (Phi) is 3.90. The first-order valence-electron chi connectivity index (χ1n) is 6.69. The predicted molar refractivity (Wildman–Crippen MR) is 79.7 cm³/mol. The van der Waals surface area contributed by atoms with Crippen molar-refractivity contribution in [1.82, 2.24) is 15.3 Å². The number of nitriles is 1. The van der Waals surface area contributed by atoms with Crippen molar-refractivity contribution in [2.24, 2.45) is 0 Å². The van der Waals surface area contributed by atoms with Gasteiger partial charge in [-0.2, -0.15) is 10.2 Å². The maximum absolute atomic E-state index is 9.12. The first kappa shape index (κ1) is 15.0. The van der Waals surface area contributed by atoms with E-state index in [1.807, 2.05) is 0 Å². The summed E-state index contributed by atoms with van der Waals surface area (Å²) in [6, 6.07) is 2.33. The van der Waals surface area contributed by atoms with Gasteiger partial charge in [-0.25, -0.2) is 4.98 Å². The average Bonchev–Trinajstić information content (AvgIpc) is 2.24. The third kappa shape index (κ3) is 3.59. The van der Waals surface area contributed by atoms with Crippen LogP contribution in [0.25, 0.3) is 0 Å². The fourth-order valence-corrected chi connectivity index (χ4v) is 3.30. The van der Waals surface area contributed by atoms with E-state index in [9.17, 15) is 0 Å². The molecule has 20 heavy (non-hydrogen) atoms. The molecule has 1 aliphatic rings. The van der Waals surface area contributed by atoms with Gasteiger partial charge in [-0.05, 0) is 52.1 Å². The van der Waals surface area contributed by atoms with Crippen LogP contribution in [0, 0.1) is 11.3 Å². The van der Waals surface area contributed by atoms with Gasteiger partial charge in [0.05, 0.1) is 6.20 Å². The highest BCUT2D eigenvalue weighted by molar-refractivity contribution is 6.28. The maximum atomic E-state index is 9.12. The van der Waals surface area contributed by atoms with Gasteiger partial charge in [-0.3, -0.25) is 0 Å². The fourth-order valence-electron chi connectivity index (χ4n) is 3.17. The highest BCUT2D eigenvalue weighted by Crippen LogP contribution is 2.30. The van der Waals surface area contributed by atoms with Crippen LogP contribution < -0.4 is 10.6 Å². The van der Waals surface area contributed by atoms with Gasteiger partial charge < -0.3 is 10.6 Å². The van der Waals surface area contributed by atoms with Crippen molar-refractivity contribution in [3.05, 3.63) is 17.0 Å². The van der Waals surface area contributed by atoms with E-state index in [1.54, 1.807) is 0 Å². The molecular formula is C14H20ClN5. The summed E-state index contributed by atoms with van der Waals surface area (Å²) >= 11 is 5.82. The van der Waals surface area contributed by atoms with Crippen LogP contribution in [0.4, 0.5) is 5.82 Å². The molecular weight excluding hydrogens is 274 g/mol. The lowest BCUT2D eigenvalue weighted by atomic mass is 9.79. The van der Waals surface area contributed by atoms with E-state index in [-0.39, 0.29) is 22.4 Å². The molecule has 1 saturated heterocycles. The van der Waals surface area contributed by atoms with Crippen molar-refractivity contribution in [2.75, 3.05) is 5.32 Å². The Balaban J connectivity index is 2.22. The SMILES string of the molecule is CC1(C)CC(Nc2nc(Cl)ncc2C#N)CC(C)(C)N1. The van der Waals surface area contributed by atoms with E-state index in [0.29, 0.717) is 11.4 Å². The summed E-state index contributed by atoms with van der Waals surface area (Å²) in [7, 11) is 0. The van der Waals surface area contributed by atoms with Crippen molar-refractivity contribution >= 4 is 17.4 Å². The van der Waals surface area contributed by atoms with Crippen LogP contribution >= 0.6 is 11.6 Å². The predicted octanol–water partition coefficient (Wildman–Crippen LogP) is 2.72. The molecule has 0 radical (unpaired) electrons. The van der Waals surface area contributed by atoms with Gasteiger partial charge in [0.25, 0.3) is 0 Å². The summed E-state index contributed by atoms with van der Waals surface area (Å²) in [6.07, 6.45) is 3.35. The Bertz CT molecular complexity index is 531. The smallest absolute Gasteiger partial charge is 0.224 e. The van der Waals surface area contributed by atoms with Crippen molar-refractivity contribution in [3.8, 4) is 6.07 Å². The third-order valence-corrected chi connectivity index (χ3v) is 3.59. The monoisotopic (exact) mass is 293 g/mol. The Morgan fingerprint density at radius 3 is 2.50 bits per heavy atom. The Morgan fingerprint density at radius 1 is 1.35 bits per heavy atom. The molecule has 0 aromatic carbocycles. The number of nitrogens with zero attached hydrogens (tertiary/aromatic N) is 3. The average molecular weight is 294 g/mol. The molecule has 0 spiro atoms. The van der Waals surface area contributed by atoms with Gasteiger partial charge in [-0.15, -0.1) is 0 Å². The molecule has 108 valence electrons. The van der Waals surface area contributed by atoms with E-state index in [2.05, 4.69) is 54.4 Å². The van der Waals surface area contributed by atoms with E-state index >= 15 is 0 Å². The lowest BCUT2D eigenvalue weighted by Gasteiger charge is -2.46. The number of anilines is 1. The molecule has 0 atom stereocenters. The lowest BCUT2D eigenvalue weighted by molar-refractivity contribution is 0.170. The molecule has 1 aromatic rings. The Morgan fingerprint density at radius 2 is 1.95 bits per heavy atom. The second kappa shape index (κ2) is 5.19. The van der Waals surface area contributed by atoms with Crippen molar-refractivity contribution < 1.29 is 0 Å². The normalized spacial score (nSPS) is 21.2. The van der Waals surface area contributed by atoms with Crippen LogP contribution in [-0.2, 0) is 0 Å². The van der Waals surface area contributed by atoms with Crippen LogP contribution in [0.15, 0.2) is 6.20 Å². The van der Waals surface area contributed by atoms with Crippen LogP contribution in [0.5, 0.6) is 0 Å². The van der Waals surface area contributed by atoms with E-state index < -0.39 is 0 Å². The summed E-state index contributed by atoms with van der Waals surface area (Å²) in [5.74, 6) is 0.519. The Hall–Kier alpha value is -1.38. The number of halogens is 1. The van der Waals surface area contributed by atoms with Crippen LogP contribution in [0.1, 0.15) is 46.1 Å². The molecule has 0 saturated carbocycles. The van der Waals surface area contributed by atoms with E-state index in [4.69, 9.17) is 16.9 Å². The first-order valence-corrected chi connectivity index (χ1v) is 7.07. The molecule has 1 aliphatic heterocycles. The van der Waals surface area contributed by atoms with E-state index in [1.165, 1.54) is 6.20 Å². The molecule has 1 fully saturated rings. The number of nitrogens with one attached hydrogen (secondary N) is 2. The zero-order chi connectivity index (χ0) is 15.0. The van der Waals surface area contributed by atoms with Gasteiger partial charge in [0, 0.05) is 17.1 Å². The van der Waals surface area contributed by atoms with Crippen molar-refractivity contribution in [1.29, 1.82) is 5.26 Å². The standard InChI is InChI=1S/C14H20ClN5/c1-13(2)5-10(6-14(3,4)20-13)18-11-9(7-16)8-17-12(15)19-11/h8,10,20H,5-6H2,1-4H3,(H,17,18,19). The molecule has 0 bridgehead atoms. The topological polar surface area (TPSA) is 73.6 Å². The van der Waals surface area contributed by atoms with Crippen LogP contribution in [0.3, 0.4) is 0 Å². The van der Waals surface area contributed by atoms with E-state index in [0.717, 1.165) is 12.8 Å². The molecule has 0 unspecified atom stereocenters. The summed E-state index contributed by atoms with van der Waals surface area (Å²) in [4.78, 5) is 7.97. The third-order valence-electron chi connectivity index (χ3n) is 3.41. The van der Waals surface area contributed by atoms with Gasteiger partial charge >= 0.3 is 0 Å². The second-order valence-electron chi connectivity index (χ2n) is 6.66. The number of hydrogen-bond acceptors (Lipinski definition) is 5. The number of piperidine rings is 1. The Labute approximate surface area is 124 Å². The number of rotatable bonds is 2. The molecule has 0 aliphatic carbocycles. The fraction of sp³-hybridized carbons (Fsp3) is 0.643. The number of aromatic nitrogens is 2. The first-order chi connectivity index (χ1) is 9.21. The highest BCUT2D eigenvalue weighted by Gasteiger charge is 2.37. The minimum atomic E-state index is 0.0308. The van der Waals surface area contributed by atoms with Gasteiger partial charge in [0.1, 0.15) is 17.5 Å². The molecule has 2 rings (SSSR count). The number of hydrogen-bond donors (Lipinski definition) is 2. The van der Waals surface area contributed by atoms with Gasteiger partial charge in [-0.1, -0.05) is 0 Å². The largest absolute Gasteiger partial charge is 0.366 e. The maximum Gasteiger partial charge on any atom is 0.224 e. The van der Waals surface area contributed by atoms with Gasteiger partial charge in [0.2, 0.25) is 5.28 Å². The molecule has 2 heterocycles. The molecule has 2 N–H and O–H groups in total. The van der Waals surface area contributed by atoms with Crippen molar-refractivity contribution in [3.63, 3.8) is 0 Å². The molecule has 6 heteroatoms. The minimum absolute atomic E-state index is 0.0308. The second-order valence-corrected chi connectivity index (χ2v) is 6.99. The molecule has 5 nitrogen and oxygen atoms in total. The summed E-state index contributed by atoms with van der Waals surface area (Å²) in [5.41, 5.74) is 0.482. The van der Waals surface area contributed by atoms with Crippen molar-refractivity contribution in [2.45, 2.75) is 57.7 Å². The van der Waals surface area contributed by atoms with Crippen LogP contribution in [-0.4, -0.2) is 27.1 Å². The minimum Gasteiger partial charge on any atom is -0.366 e. The van der Waals surface area contributed by atoms with Gasteiger partial charge in [0.15, 0.2) is 0 Å². The highest BCUT2D eigenvalue weighted by atomic mass is 35.5.